The number of carbonyl (C=O) groups excluding carboxylic acids is 2. The fraction of sp³-hybridized carbons (Fsp3) is 0.280. The number of aromatic nitrogens is 2. The maximum atomic E-state index is 13.4. The molecule has 2 N–H and O–H groups in total. The Morgan fingerprint density at radius 3 is 2.58 bits per heavy atom. The first-order valence-corrected chi connectivity index (χ1v) is 10.9. The van der Waals surface area contributed by atoms with Gasteiger partial charge in [0.2, 0.25) is 0 Å². The van der Waals surface area contributed by atoms with Gasteiger partial charge in [0.05, 0.1) is 11.4 Å². The molecule has 8 heteroatoms. The highest BCUT2D eigenvalue weighted by atomic mass is 16.6. The van der Waals surface area contributed by atoms with Crippen LogP contribution in [0.2, 0.25) is 0 Å². The van der Waals surface area contributed by atoms with E-state index in [9.17, 15) is 9.59 Å². The molecule has 0 fully saturated rings. The number of oxime groups is 1. The van der Waals surface area contributed by atoms with Gasteiger partial charge in [-0.15, -0.1) is 0 Å². The first-order chi connectivity index (χ1) is 15.9. The number of nitrogens with zero attached hydrogens (tertiary/aromatic N) is 3. The van der Waals surface area contributed by atoms with Crippen LogP contribution in [0, 0.1) is 12.8 Å². The number of para-hydroxylation sites is 1. The monoisotopic (exact) mass is 445 g/mol. The minimum Gasteiger partial charge on any atom is -0.399 e. The Kier molecular flexibility index (Phi) is 6.26. The van der Waals surface area contributed by atoms with E-state index >= 15 is 0 Å². The standard InChI is InChI=1S/C25H27N5O3/c1-15(2)22(29-33-4)24(31)28-18-11-9-17(10-12-18)25(32)30-14-13-20-23(27-16(3)26-20)19-7-5-6-8-21(19)30/h5-12,15H,13-14H2,1-4H3,(H,26,27)(H,28,31)/b29-22+. The van der Waals surface area contributed by atoms with E-state index < -0.39 is 0 Å². The van der Waals surface area contributed by atoms with E-state index in [1.165, 1.54) is 7.11 Å². The molecule has 1 aliphatic heterocycles. The van der Waals surface area contributed by atoms with Gasteiger partial charge in [-0.3, -0.25) is 9.59 Å². The Labute approximate surface area is 192 Å². The SMILES string of the molecule is CO/N=C(/C(=O)Nc1ccc(C(=O)N2CCc3[nH]c(C)nc3-c3ccccc32)cc1)C(C)C. The maximum Gasteiger partial charge on any atom is 0.273 e. The second-order valence-electron chi connectivity index (χ2n) is 8.22. The highest BCUT2D eigenvalue weighted by Crippen LogP contribution is 2.35. The lowest BCUT2D eigenvalue weighted by Gasteiger charge is -2.23. The van der Waals surface area contributed by atoms with Gasteiger partial charge in [-0.2, -0.15) is 0 Å². The summed E-state index contributed by atoms with van der Waals surface area (Å²) in [5.41, 5.74) is 5.11. The van der Waals surface area contributed by atoms with Crippen LogP contribution in [-0.2, 0) is 16.1 Å². The molecule has 170 valence electrons. The molecular weight excluding hydrogens is 418 g/mol. The number of H-pyrrole nitrogens is 1. The van der Waals surface area contributed by atoms with Gasteiger partial charge in [0, 0.05) is 41.4 Å². The van der Waals surface area contributed by atoms with Crippen molar-refractivity contribution < 1.29 is 14.4 Å². The third-order valence-electron chi connectivity index (χ3n) is 5.54. The van der Waals surface area contributed by atoms with Crippen LogP contribution in [0.4, 0.5) is 11.4 Å². The van der Waals surface area contributed by atoms with Gasteiger partial charge in [0.1, 0.15) is 18.6 Å². The molecule has 4 rings (SSSR count). The summed E-state index contributed by atoms with van der Waals surface area (Å²) in [5, 5.41) is 6.62. The van der Waals surface area contributed by atoms with Crippen LogP contribution in [0.1, 0.15) is 35.7 Å². The fourth-order valence-corrected chi connectivity index (χ4v) is 3.96. The molecule has 3 aromatic rings. The Morgan fingerprint density at radius 2 is 1.88 bits per heavy atom. The highest BCUT2D eigenvalue weighted by Gasteiger charge is 2.27. The van der Waals surface area contributed by atoms with Crippen molar-refractivity contribution in [3.05, 3.63) is 65.6 Å². The fourth-order valence-electron chi connectivity index (χ4n) is 3.96. The van der Waals surface area contributed by atoms with Crippen molar-refractivity contribution in [2.75, 3.05) is 23.9 Å². The van der Waals surface area contributed by atoms with Crippen LogP contribution in [0.3, 0.4) is 0 Å². The van der Waals surface area contributed by atoms with Crippen molar-refractivity contribution in [1.82, 2.24) is 9.97 Å². The molecule has 0 bridgehead atoms. The van der Waals surface area contributed by atoms with Crippen molar-refractivity contribution in [2.45, 2.75) is 27.2 Å². The summed E-state index contributed by atoms with van der Waals surface area (Å²) in [7, 11) is 1.41. The number of rotatable bonds is 5. The lowest BCUT2D eigenvalue weighted by atomic mass is 10.1. The molecule has 1 aliphatic rings. The smallest absolute Gasteiger partial charge is 0.273 e. The zero-order chi connectivity index (χ0) is 23.5. The molecule has 2 aromatic carbocycles. The highest BCUT2D eigenvalue weighted by molar-refractivity contribution is 6.43. The van der Waals surface area contributed by atoms with Gasteiger partial charge in [0.15, 0.2) is 0 Å². The van der Waals surface area contributed by atoms with E-state index in [2.05, 4.69) is 20.4 Å². The Bertz CT molecular complexity index is 1210. The molecule has 2 heterocycles. The first kappa shape index (κ1) is 22.3. The van der Waals surface area contributed by atoms with Gasteiger partial charge in [-0.05, 0) is 37.3 Å². The number of nitrogens with one attached hydrogen (secondary N) is 2. The maximum absolute atomic E-state index is 13.4. The molecule has 0 atom stereocenters. The van der Waals surface area contributed by atoms with E-state index in [1.807, 2.05) is 45.0 Å². The molecule has 0 aliphatic carbocycles. The predicted octanol–water partition coefficient (Wildman–Crippen LogP) is 4.18. The lowest BCUT2D eigenvalue weighted by Crippen LogP contribution is -2.32. The van der Waals surface area contributed by atoms with Gasteiger partial charge in [0.25, 0.3) is 11.8 Å². The molecule has 8 nitrogen and oxygen atoms in total. The van der Waals surface area contributed by atoms with Crippen LogP contribution in [0.15, 0.2) is 53.7 Å². The lowest BCUT2D eigenvalue weighted by molar-refractivity contribution is -0.110. The third-order valence-corrected chi connectivity index (χ3v) is 5.54. The minimum absolute atomic E-state index is 0.0910. The number of aromatic amines is 1. The zero-order valence-electron chi connectivity index (χ0n) is 19.2. The summed E-state index contributed by atoms with van der Waals surface area (Å²) >= 11 is 0. The van der Waals surface area contributed by atoms with Gasteiger partial charge >= 0.3 is 0 Å². The summed E-state index contributed by atoms with van der Waals surface area (Å²) in [5.74, 6) is 0.331. The summed E-state index contributed by atoms with van der Waals surface area (Å²) in [6, 6.07) is 14.7. The number of anilines is 2. The number of hydrogen-bond acceptors (Lipinski definition) is 5. The van der Waals surface area contributed by atoms with Crippen LogP contribution >= 0.6 is 0 Å². The summed E-state index contributed by atoms with van der Waals surface area (Å²) in [6.45, 7) is 6.20. The number of aryl methyl sites for hydroxylation is 1. The second kappa shape index (κ2) is 9.28. The average Bonchev–Trinajstić information content (AvgIpc) is 3.11. The topological polar surface area (TPSA) is 99.7 Å². The number of hydrogen-bond donors (Lipinski definition) is 2. The third kappa shape index (κ3) is 4.50. The average molecular weight is 446 g/mol. The number of carbonyl (C=O) groups is 2. The van der Waals surface area contributed by atoms with Crippen molar-refractivity contribution in [2.24, 2.45) is 11.1 Å². The molecule has 1 aromatic heterocycles. The molecule has 0 radical (unpaired) electrons. The van der Waals surface area contributed by atoms with Crippen molar-refractivity contribution in [3.63, 3.8) is 0 Å². The van der Waals surface area contributed by atoms with Gasteiger partial charge in [-0.1, -0.05) is 37.2 Å². The van der Waals surface area contributed by atoms with E-state index in [1.54, 1.807) is 29.2 Å². The van der Waals surface area contributed by atoms with E-state index in [-0.39, 0.29) is 17.7 Å². The zero-order valence-corrected chi connectivity index (χ0v) is 19.2. The number of fused-ring (bicyclic) bond motifs is 3. The number of benzene rings is 2. The van der Waals surface area contributed by atoms with E-state index in [4.69, 9.17) is 4.84 Å². The molecule has 33 heavy (non-hydrogen) atoms. The molecular formula is C25H27N5O3. The Balaban J connectivity index is 1.56. The van der Waals surface area contributed by atoms with Crippen LogP contribution in [-0.4, -0.2) is 41.1 Å². The first-order valence-electron chi connectivity index (χ1n) is 10.9. The molecule has 2 amide bonds. The van der Waals surface area contributed by atoms with Crippen LogP contribution in [0.25, 0.3) is 11.3 Å². The quantitative estimate of drug-likeness (QED) is 0.454. The number of imidazole rings is 1. The predicted molar refractivity (Wildman–Crippen MR) is 128 cm³/mol. The summed E-state index contributed by atoms with van der Waals surface area (Å²) in [6.07, 6.45) is 0.682. The Hall–Kier alpha value is -3.94. The molecule has 0 saturated heterocycles. The van der Waals surface area contributed by atoms with Crippen LogP contribution in [0.5, 0.6) is 0 Å². The van der Waals surface area contributed by atoms with Crippen molar-refractivity contribution in [1.29, 1.82) is 0 Å². The van der Waals surface area contributed by atoms with Crippen molar-refractivity contribution >= 4 is 28.9 Å². The van der Waals surface area contributed by atoms with E-state index in [0.29, 0.717) is 29.9 Å². The summed E-state index contributed by atoms with van der Waals surface area (Å²) < 4.78 is 0. The summed E-state index contributed by atoms with van der Waals surface area (Å²) in [4.78, 5) is 40.5. The van der Waals surface area contributed by atoms with Gasteiger partial charge < -0.3 is 20.0 Å². The Morgan fingerprint density at radius 1 is 1.15 bits per heavy atom. The molecule has 0 saturated carbocycles. The molecule has 0 unspecified atom stereocenters. The number of amides is 2. The molecule has 0 spiro atoms. The van der Waals surface area contributed by atoms with Gasteiger partial charge in [-0.25, -0.2) is 4.98 Å². The van der Waals surface area contributed by atoms with E-state index in [0.717, 1.165) is 28.5 Å². The largest absolute Gasteiger partial charge is 0.399 e. The normalized spacial score (nSPS) is 13.2. The minimum atomic E-state index is -0.337. The van der Waals surface area contributed by atoms with Crippen LogP contribution < -0.4 is 10.2 Å². The van der Waals surface area contributed by atoms with Crippen molar-refractivity contribution in [3.8, 4) is 11.3 Å². The second-order valence-corrected chi connectivity index (χ2v) is 8.22.